The molecule has 3 heterocycles. The summed E-state index contributed by atoms with van der Waals surface area (Å²) >= 11 is 0. The van der Waals surface area contributed by atoms with Gasteiger partial charge < -0.3 is 5.32 Å². The largest absolute Gasteiger partial charge is 0.309 e. The highest BCUT2D eigenvalue weighted by Crippen LogP contribution is 2.24. The van der Waals surface area contributed by atoms with E-state index in [4.69, 9.17) is 0 Å². The van der Waals surface area contributed by atoms with Crippen molar-refractivity contribution >= 4 is 22.5 Å². The second kappa shape index (κ2) is 7.44. The third-order valence-electron chi connectivity index (χ3n) is 5.19. The molecule has 7 nitrogen and oxygen atoms in total. The molecule has 1 aromatic carbocycles. The van der Waals surface area contributed by atoms with Crippen LogP contribution in [0.4, 0.5) is 5.82 Å². The van der Waals surface area contributed by atoms with E-state index >= 15 is 0 Å². The van der Waals surface area contributed by atoms with Gasteiger partial charge in [0.05, 0.1) is 12.2 Å². The van der Waals surface area contributed by atoms with Crippen molar-refractivity contribution in [1.29, 1.82) is 0 Å². The van der Waals surface area contributed by atoms with E-state index in [1.807, 2.05) is 44.4 Å². The summed E-state index contributed by atoms with van der Waals surface area (Å²) in [4.78, 5) is 19.3. The Kier molecular flexibility index (Phi) is 4.85. The zero-order chi connectivity index (χ0) is 18.8. The number of anilines is 1. The van der Waals surface area contributed by atoms with Crippen LogP contribution in [-0.2, 0) is 11.8 Å². The van der Waals surface area contributed by atoms with Crippen molar-refractivity contribution in [2.75, 3.05) is 18.4 Å². The van der Waals surface area contributed by atoms with Gasteiger partial charge in [0.25, 0.3) is 0 Å². The summed E-state index contributed by atoms with van der Waals surface area (Å²) < 4.78 is 1.68. The third kappa shape index (κ3) is 3.83. The van der Waals surface area contributed by atoms with Crippen molar-refractivity contribution in [3.8, 4) is 11.3 Å². The molecular formula is C20H24N6O. The predicted octanol–water partition coefficient (Wildman–Crippen LogP) is 2.84. The number of hydrogen-bond donors (Lipinski definition) is 1. The van der Waals surface area contributed by atoms with Gasteiger partial charge in [-0.1, -0.05) is 23.8 Å². The maximum Gasteiger partial charge on any atom is 0.242 e. The lowest BCUT2D eigenvalue weighted by Crippen LogP contribution is -2.44. The molecule has 0 spiro atoms. The summed E-state index contributed by atoms with van der Waals surface area (Å²) in [5.41, 5.74) is 1.81. The summed E-state index contributed by atoms with van der Waals surface area (Å²) in [6.07, 6.45) is 7.25. The number of pyridine rings is 1. The van der Waals surface area contributed by atoms with E-state index < -0.39 is 0 Å². The molecule has 0 aliphatic carbocycles. The fraction of sp³-hybridized carbons (Fsp3) is 0.400. The van der Waals surface area contributed by atoms with Crippen LogP contribution < -0.4 is 5.32 Å². The Hall–Kier alpha value is -2.80. The number of benzene rings is 1. The van der Waals surface area contributed by atoms with E-state index in [1.165, 1.54) is 6.42 Å². The van der Waals surface area contributed by atoms with Crippen LogP contribution in [-0.4, -0.2) is 49.9 Å². The number of hydrogen-bond acceptors (Lipinski definition) is 5. The molecule has 1 aliphatic rings. The Bertz CT molecular complexity index is 960. The normalized spacial score (nSPS) is 16.4. The zero-order valence-corrected chi connectivity index (χ0v) is 15.7. The number of carbonyl (C=O) groups excluding carboxylic acids is 1. The molecule has 1 N–H and O–H groups in total. The lowest BCUT2D eigenvalue weighted by molar-refractivity contribution is -0.121. The number of aromatic nitrogens is 4. The van der Waals surface area contributed by atoms with E-state index in [9.17, 15) is 4.79 Å². The standard InChI is InChI=1S/C20H24N6O/c1-14(26-8-4-3-5-9-26)20(27)22-19-11-17-10-15(6-7-16(17)12-21-19)18-13-25(2)24-23-18/h6-7,10-14H,3-5,8-9H2,1-2H3,(H,21,22,27). The van der Waals surface area contributed by atoms with Gasteiger partial charge in [0.1, 0.15) is 11.5 Å². The van der Waals surface area contributed by atoms with Gasteiger partial charge >= 0.3 is 0 Å². The average Bonchev–Trinajstić information content (AvgIpc) is 3.14. The number of fused-ring (bicyclic) bond motifs is 1. The summed E-state index contributed by atoms with van der Waals surface area (Å²) in [5.74, 6) is 0.571. The number of carbonyl (C=O) groups is 1. The van der Waals surface area contributed by atoms with Crippen molar-refractivity contribution in [1.82, 2.24) is 24.9 Å². The van der Waals surface area contributed by atoms with Gasteiger partial charge in [-0.25, -0.2) is 4.98 Å². The van der Waals surface area contributed by atoms with Crippen LogP contribution in [0, 0.1) is 0 Å². The molecule has 0 bridgehead atoms. The van der Waals surface area contributed by atoms with Gasteiger partial charge in [-0.05, 0) is 50.4 Å². The second-order valence-electron chi connectivity index (χ2n) is 7.17. The number of likely N-dealkylation sites (tertiary alicyclic amines) is 1. The Morgan fingerprint density at radius 2 is 1.96 bits per heavy atom. The first kappa shape index (κ1) is 17.6. The van der Waals surface area contributed by atoms with Crippen LogP contribution in [0.25, 0.3) is 22.0 Å². The summed E-state index contributed by atoms with van der Waals surface area (Å²) in [5, 5.41) is 13.1. The first-order valence-electron chi connectivity index (χ1n) is 9.41. The smallest absolute Gasteiger partial charge is 0.242 e. The molecule has 0 saturated carbocycles. The maximum atomic E-state index is 12.6. The molecule has 1 aliphatic heterocycles. The van der Waals surface area contributed by atoms with E-state index in [0.717, 1.165) is 48.0 Å². The number of rotatable bonds is 4. The molecule has 1 atom stereocenters. The van der Waals surface area contributed by atoms with Gasteiger partial charge in [-0.15, -0.1) is 5.10 Å². The highest BCUT2D eigenvalue weighted by Gasteiger charge is 2.23. The lowest BCUT2D eigenvalue weighted by Gasteiger charge is -2.31. The minimum absolute atomic E-state index is 0.00571. The first-order valence-corrected chi connectivity index (χ1v) is 9.41. The predicted molar refractivity (Wildman–Crippen MR) is 105 cm³/mol. The molecule has 4 rings (SSSR count). The highest BCUT2D eigenvalue weighted by atomic mass is 16.2. The number of nitrogens with zero attached hydrogens (tertiary/aromatic N) is 5. The summed E-state index contributed by atoms with van der Waals surface area (Å²) in [6.45, 7) is 3.94. The fourth-order valence-corrected chi connectivity index (χ4v) is 3.55. The average molecular weight is 364 g/mol. The van der Waals surface area contributed by atoms with Crippen molar-refractivity contribution in [2.24, 2.45) is 7.05 Å². The summed E-state index contributed by atoms with van der Waals surface area (Å²) in [6, 6.07) is 7.83. The zero-order valence-electron chi connectivity index (χ0n) is 15.7. The molecule has 1 fully saturated rings. The van der Waals surface area contributed by atoms with Gasteiger partial charge in [-0.3, -0.25) is 14.4 Å². The SMILES string of the molecule is CC(C(=O)Nc1cc2cc(-c3cn(C)nn3)ccc2cn1)N1CCCCC1. The molecule has 1 amide bonds. The Labute approximate surface area is 158 Å². The number of piperidine rings is 1. The van der Waals surface area contributed by atoms with Crippen LogP contribution >= 0.6 is 0 Å². The number of nitrogens with one attached hydrogen (secondary N) is 1. The molecule has 3 aromatic rings. The van der Waals surface area contributed by atoms with Gasteiger partial charge in [0.15, 0.2) is 0 Å². The van der Waals surface area contributed by atoms with E-state index in [1.54, 1.807) is 10.9 Å². The second-order valence-corrected chi connectivity index (χ2v) is 7.17. The van der Waals surface area contributed by atoms with Crippen molar-refractivity contribution in [3.05, 3.63) is 36.7 Å². The Morgan fingerprint density at radius 1 is 1.15 bits per heavy atom. The molecule has 140 valence electrons. The minimum Gasteiger partial charge on any atom is -0.309 e. The molecular weight excluding hydrogens is 340 g/mol. The van der Waals surface area contributed by atoms with Crippen molar-refractivity contribution in [2.45, 2.75) is 32.2 Å². The van der Waals surface area contributed by atoms with Crippen LogP contribution in [0.15, 0.2) is 36.7 Å². The van der Waals surface area contributed by atoms with E-state index in [-0.39, 0.29) is 11.9 Å². The van der Waals surface area contributed by atoms with Crippen LogP contribution in [0.1, 0.15) is 26.2 Å². The van der Waals surface area contributed by atoms with Gasteiger partial charge in [0, 0.05) is 24.2 Å². The van der Waals surface area contributed by atoms with E-state index in [0.29, 0.717) is 5.82 Å². The quantitative estimate of drug-likeness (QED) is 0.770. The molecule has 1 unspecified atom stereocenters. The number of amides is 1. The van der Waals surface area contributed by atoms with Gasteiger partial charge in [-0.2, -0.15) is 0 Å². The van der Waals surface area contributed by atoms with Crippen LogP contribution in [0.2, 0.25) is 0 Å². The Balaban J connectivity index is 1.54. The van der Waals surface area contributed by atoms with Gasteiger partial charge in [0.2, 0.25) is 5.91 Å². The molecule has 2 aromatic heterocycles. The monoisotopic (exact) mass is 364 g/mol. The first-order chi connectivity index (χ1) is 13.1. The van der Waals surface area contributed by atoms with Crippen molar-refractivity contribution in [3.63, 3.8) is 0 Å². The Morgan fingerprint density at radius 3 is 2.70 bits per heavy atom. The molecule has 1 saturated heterocycles. The fourth-order valence-electron chi connectivity index (χ4n) is 3.55. The highest BCUT2D eigenvalue weighted by molar-refractivity contribution is 5.96. The topological polar surface area (TPSA) is 75.9 Å². The molecule has 27 heavy (non-hydrogen) atoms. The van der Waals surface area contributed by atoms with Crippen molar-refractivity contribution < 1.29 is 4.79 Å². The number of aryl methyl sites for hydroxylation is 1. The minimum atomic E-state index is -0.145. The van der Waals surface area contributed by atoms with Crippen LogP contribution in [0.5, 0.6) is 0 Å². The lowest BCUT2D eigenvalue weighted by atomic mass is 10.1. The third-order valence-corrected chi connectivity index (χ3v) is 5.19. The molecule has 0 radical (unpaired) electrons. The maximum absolute atomic E-state index is 12.6. The van der Waals surface area contributed by atoms with Crippen LogP contribution in [0.3, 0.4) is 0 Å². The summed E-state index contributed by atoms with van der Waals surface area (Å²) in [7, 11) is 1.85. The molecule has 7 heteroatoms. The van der Waals surface area contributed by atoms with E-state index in [2.05, 4.69) is 25.5 Å².